The van der Waals surface area contributed by atoms with Crippen molar-refractivity contribution in [2.24, 2.45) is 0 Å². The van der Waals surface area contributed by atoms with Crippen LogP contribution < -0.4 is 4.74 Å². The molecule has 0 bridgehead atoms. The molecule has 1 N–H and O–H groups in total. The van der Waals surface area contributed by atoms with Gasteiger partial charge >= 0.3 is 0 Å². The normalized spacial score (nSPS) is 17.0. The van der Waals surface area contributed by atoms with Crippen molar-refractivity contribution in [1.29, 1.82) is 0 Å². The van der Waals surface area contributed by atoms with E-state index >= 15 is 0 Å². The van der Waals surface area contributed by atoms with E-state index < -0.39 is 0 Å². The maximum atomic E-state index is 7.86. The van der Waals surface area contributed by atoms with Crippen molar-refractivity contribution >= 4 is 0 Å². The summed E-state index contributed by atoms with van der Waals surface area (Å²) in [5, 5.41) is 7.86. The number of hydrogen-bond donors (Lipinski definition) is 1. The quantitative estimate of drug-likeness (QED) is 0.519. The molecular weight excluding hydrogens is 284 g/mol. The molecule has 2 nitrogen and oxygen atoms in total. The summed E-state index contributed by atoms with van der Waals surface area (Å²) in [6.07, 6.45) is 10.2. The summed E-state index contributed by atoms with van der Waals surface area (Å²) < 4.78 is 5.41. The zero-order chi connectivity index (χ0) is 17.3. The van der Waals surface area contributed by atoms with Crippen molar-refractivity contribution in [3.63, 3.8) is 0 Å². The molecule has 1 aliphatic rings. The van der Waals surface area contributed by atoms with Gasteiger partial charge in [-0.3, -0.25) is 0 Å². The molecule has 0 atom stereocenters. The molecule has 2 rings (SSSR count). The van der Waals surface area contributed by atoms with E-state index in [9.17, 15) is 0 Å². The van der Waals surface area contributed by atoms with Gasteiger partial charge in [0.05, 0.1) is 12.9 Å². The summed E-state index contributed by atoms with van der Waals surface area (Å²) >= 11 is 0. The lowest BCUT2D eigenvalue weighted by atomic mass is 9.66. The standard InChI is InChI=1S/C18H26O.C3H6O/c1-4-15(2)14-18(11-6-5-7-12-18)16-9-8-10-17(13-16)19-3;1-3(2)4/h4,8-10,13H,5-7,11-12,14H2,1-3H3;4H,1H2,2H3/b15-4+;. The Kier molecular flexibility index (Phi) is 7.94. The van der Waals surface area contributed by atoms with Crippen LogP contribution in [0.5, 0.6) is 5.75 Å². The van der Waals surface area contributed by atoms with Gasteiger partial charge < -0.3 is 9.84 Å². The van der Waals surface area contributed by atoms with Crippen LogP contribution in [0.4, 0.5) is 0 Å². The Hall–Kier alpha value is -1.70. The Labute approximate surface area is 141 Å². The monoisotopic (exact) mass is 316 g/mol. The molecular formula is C21H32O2. The number of benzene rings is 1. The van der Waals surface area contributed by atoms with E-state index in [0.717, 1.165) is 5.75 Å². The summed E-state index contributed by atoms with van der Waals surface area (Å²) in [7, 11) is 1.75. The Balaban J connectivity index is 0.000000593. The molecule has 0 saturated heterocycles. The van der Waals surface area contributed by atoms with E-state index in [1.807, 2.05) is 6.07 Å². The first-order chi connectivity index (χ1) is 10.9. The zero-order valence-electron chi connectivity index (χ0n) is 15.2. The van der Waals surface area contributed by atoms with E-state index in [1.165, 1.54) is 56.6 Å². The fraction of sp³-hybridized carbons (Fsp3) is 0.524. The van der Waals surface area contributed by atoms with E-state index in [0.29, 0.717) is 5.41 Å². The highest BCUT2D eigenvalue weighted by molar-refractivity contribution is 5.35. The van der Waals surface area contributed by atoms with Gasteiger partial charge in [-0.05, 0) is 63.1 Å². The minimum Gasteiger partial charge on any atom is -0.513 e. The van der Waals surface area contributed by atoms with Crippen molar-refractivity contribution in [2.45, 2.75) is 64.7 Å². The molecule has 1 fully saturated rings. The Morgan fingerprint density at radius 3 is 2.39 bits per heavy atom. The molecule has 128 valence electrons. The first kappa shape index (κ1) is 19.3. The van der Waals surface area contributed by atoms with Crippen molar-refractivity contribution in [2.75, 3.05) is 7.11 Å². The van der Waals surface area contributed by atoms with Gasteiger partial charge in [0, 0.05) is 0 Å². The van der Waals surface area contributed by atoms with Crippen molar-refractivity contribution < 1.29 is 9.84 Å². The Morgan fingerprint density at radius 1 is 1.26 bits per heavy atom. The maximum Gasteiger partial charge on any atom is 0.119 e. The smallest absolute Gasteiger partial charge is 0.119 e. The van der Waals surface area contributed by atoms with Gasteiger partial charge in [0.15, 0.2) is 0 Å². The molecule has 2 heteroatoms. The molecule has 1 saturated carbocycles. The molecule has 0 unspecified atom stereocenters. The van der Waals surface area contributed by atoms with Crippen LogP contribution in [0, 0.1) is 0 Å². The molecule has 0 radical (unpaired) electrons. The molecule has 0 aromatic heterocycles. The highest BCUT2D eigenvalue weighted by Crippen LogP contribution is 2.44. The summed E-state index contributed by atoms with van der Waals surface area (Å²) in [5.41, 5.74) is 3.31. The lowest BCUT2D eigenvalue weighted by molar-refractivity contribution is 0.288. The molecule has 0 amide bonds. The number of aliphatic hydroxyl groups is 1. The van der Waals surface area contributed by atoms with Gasteiger partial charge in [-0.25, -0.2) is 0 Å². The second-order valence-electron chi connectivity index (χ2n) is 6.62. The summed E-state index contributed by atoms with van der Waals surface area (Å²) in [4.78, 5) is 0. The van der Waals surface area contributed by atoms with Gasteiger partial charge in [0.2, 0.25) is 0 Å². The molecule has 1 aromatic rings. The number of hydrogen-bond acceptors (Lipinski definition) is 2. The van der Waals surface area contributed by atoms with E-state index in [1.54, 1.807) is 7.11 Å². The first-order valence-electron chi connectivity index (χ1n) is 8.54. The highest BCUT2D eigenvalue weighted by atomic mass is 16.5. The maximum absolute atomic E-state index is 7.86. The predicted octanol–water partition coefficient (Wildman–Crippen LogP) is 6.33. The number of rotatable bonds is 4. The number of aliphatic hydroxyl groups excluding tert-OH is 1. The fourth-order valence-corrected chi connectivity index (χ4v) is 3.38. The molecule has 0 spiro atoms. The van der Waals surface area contributed by atoms with Crippen molar-refractivity contribution in [1.82, 2.24) is 0 Å². The molecule has 1 aromatic carbocycles. The third-order valence-corrected chi connectivity index (χ3v) is 4.60. The minimum atomic E-state index is 0.167. The average molecular weight is 316 g/mol. The van der Waals surface area contributed by atoms with Crippen molar-refractivity contribution in [3.05, 3.63) is 53.8 Å². The summed E-state index contributed by atoms with van der Waals surface area (Å²) in [6.45, 7) is 9.05. The lowest BCUT2D eigenvalue weighted by Crippen LogP contribution is -2.29. The van der Waals surface area contributed by atoms with Crippen LogP contribution in [-0.4, -0.2) is 12.2 Å². The number of ether oxygens (including phenoxy) is 1. The van der Waals surface area contributed by atoms with Crippen LogP contribution in [0.2, 0.25) is 0 Å². The predicted molar refractivity (Wildman–Crippen MR) is 99.2 cm³/mol. The summed E-state index contributed by atoms with van der Waals surface area (Å²) in [6, 6.07) is 8.71. The Morgan fingerprint density at radius 2 is 1.87 bits per heavy atom. The third-order valence-electron chi connectivity index (χ3n) is 4.60. The van der Waals surface area contributed by atoms with Crippen LogP contribution in [0.15, 0.2) is 48.3 Å². The van der Waals surface area contributed by atoms with Crippen LogP contribution in [0.25, 0.3) is 0 Å². The van der Waals surface area contributed by atoms with Crippen LogP contribution >= 0.6 is 0 Å². The molecule has 1 aliphatic carbocycles. The average Bonchev–Trinajstić information content (AvgIpc) is 2.55. The van der Waals surface area contributed by atoms with Crippen LogP contribution in [0.1, 0.15) is 64.9 Å². The van der Waals surface area contributed by atoms with E-state index in [2.05, 4.69) is 44.7 Å². The molecule has 0 aliphatic heterocycles. The number of allylic oxidation sites excluding steroid dienone is 3. The van der Waals surface area contributed by atoms with E-state index in [-0.39, 0.29) is 5.76 Å². The largest absolute Gasteiger partial charge is 0.513 e. The second-order valence-corrected chi connectivity index (χ2v) is 6.62. The van der Waals surface area contributed by atoms with Gasteiger partial charge in [-0.1, -0.05) is 49.6 Å². The summed E-state index contributed by atoms with van der Waals surface area (Å²) in [5.74, 6) is 1.15. The SMILES string of the molecule is C/C=C(\C)CC1(c2cccc(OC)c2)CCCCC1.C=C(C)O. The Bertz CT molecular complexity index is 518. The van der Waals surface area contributed by atoms with Gasteiger partial charge in [0.1, 0.15) is 5.75 Å². The molecule has 0 heterocycles. The van der Waals surface area contributed by atoms with Gasteiger partial charge in [0.25, 0.3) is 0 Å². The second kappa shape index (κ2) is 9.44. The van der Waals surface area contributed by atoms with Crippen LogP contribution in [0.3, 0.4) is 0 Å². The molecule has 23 heavy (non-hydrogen) atoms. The first-order valence-corrected chi connectivity index (χ1v) is 8.54. The lowest BCUT2D eigenvalue weighted by Gasteiger charge is -2.38. The highest BCUT2D eigenvalue weighted by Gasteiger charge is 2.34. The fourth-order valence-electron chi connectivity index (χ4n) is 3.38. The number of methoxy groups -OCH3 is 1. The minimum absolute atomic E-state index is 0.167. The van der Waals surface area contributed by atoms with Gasteiger partial charge in [-0.15, -0.1) is 0 Å². The van der Waals surface area contributed by atoms with Crippen molar-refractivity contribution in [3.8, 4) is 5.75 Å². The zero-order valence-corrected chi connectivity index (χ0v) is 15.2. The van der Waals surface area contributed by atoms with Gasteiger partial charge in [-0.2, -0.15) is 0 Å². The third kappa shape index (κ3) is 6.13. The van der Waals surface area contributed by atoms with Crippen LogP contribution in [-0.2, 0) is 5.41 Å². The van der Waals surface area contributed by atoms with E-state index in [4.69, 9.17) is 9.84 Å². The topological polar surface area (TPSA) is 29.5 Å².